The van der Waals surface area contributed by atoms with Crippen LogP contribution in [0, 0.1) is 21.8 Å². The van der Waals surface area contributed by atoms with Gasteiger partial charge in [-0.3, -0.25) is 15.0 Å². The number of rotatable bonds is 5. The van der Waals surface area contributed by atoms with E-state index >= 15 is 0 Å². The van der Waals surface area contributed by atoms with E-state index in [9.17, 15) is 19.6 Å². The minimum absolute atomic E-state index is 0.163. The Morgan fingerprint density at radius 2 is 2.09 bits per heavy atom. The summed E-state index contributed by atoms with van der Waals surface area (Å²) < 4.78 is 13.8. The monoisotopic (exact) mass is 309 g/mol. The van der Waals surface area contributed by atoms with Gasteiger partial charge in [0.25, 0.3) is 0 Å². The lowest BCUT2D eigenvalue weighted by Crippen LogP contribution is -2.45. The number of phenols is 1. The molecule has 3 rings (SSSR count). The number of hydrogen-bond acceptors (Lipinski definition) is 5. The second-order valence-corrected chi connectivity index (χ2v) is 6.10. The molecule has 0 amide bonds. The van der Waals surface area contributed by atoms with E-state index in [-0.39, 0.29) is 6.04 Å². The number of halogens is 1. The lowest BCUT2D eigenvalue weighted by Gasteiger charge is -2.35. The average Bonchev–Trinajstić information content (AvgIpc) is 3.32. The van der Waals surface area contributed by atoms with E-state index in [1.165, 1.54) is 6.07 Å². The molecule has 2 N–H and O–H groups in total. The molecule has 1 aliphatic carbocycles. The fraction of sp³-hybridized carbons (Fsp3) is 0.600. The van der Waals surface area contributed by atoms with Gasteiger partial charge in [-0.05, 0) is 18.4 Å². The Morgan fingerprint density at radius 1 is 1.41 bits per heavy atom. The topological polar surface area (TPSA) is 78.6 Å². The maximum Gasteiger partial charge on any atom is 0.313 e. The molecule has 2 fully saturated rings. The first-order chi connectivity index (χ1) is 10.6. The molecule has 0 unspecified atom stereocenters. The van der Waals surface area contributed by atoms with Crippen LogP contribution in [0.2, 0.25) is 0 Å². The summed E-state index contributed by atoms with van der Waals surface area (Å²) in [6, 6.07) is 1.87. The third-order valence-corrected chi connectivity index (χ3v) is 4.49. The van der Waals surface area contributed by atoms with E-state index in [2.05, 4.69) is 10.2 Å². The Hall–Kier alpha value is -1.73. The zero-order chi connectivity index (χ0) is 15.7. The first kappa shape index (κ1) is 15.2. The van der Waals surface area contributed by atoms with E-state index in [4.69, 9.17) is 0 Å². The first-order valence-electron chi connectivity index (χ1n) is 7.68. The van der Waals surface area contributed by atoms with Crippen LogP contribution < -0.4 is 5.32 Å². The lowest BCUT2D eigenvalue weighted by molar-refractivity contribution is -0.386. The molecule has 6 nitrogen and oxygen atoms in total. The third-order valence-electron chi connectivity index (χ3n) is 4.49. The van der Waals surface area contributed by atoms with E-state index in [0.29, 0.717) is 11.5 Å². The van der Waals surface area contributed by atoms with Crippen LogP contribution in [0.1, 0.15) is 30.9 Å². The van der Waals surface area contributed by atoms with Gasteiger partial charge in [0.05, 0.1) is 11.0 Å². The zero-order valence-corrected chi connectivity index (χ0v) is 12.3. The molecular formula is C15H20FN3O3. The quantitative estimate of drug-likeness (QED) is 0.644. The maximum absolute atomic E-state index is 13.8. The number of phenolic OH excluding ortho intramolecular Hbond substituents is 1. The molecule has 7 heteroatoms. The van der Waals surface area contributed by atoms with Gasteiger partial charge in [0, 0.05) is 37.8 Å². The lowest BCUT2D eigenvalue weighted by atomic mass is 9.97. The molecule has 0 spiro atoms. The molecule has 1 saturated carbocycles. The van der Waals surface area contributed by atoms with Crippen LogP contribution in [0.5, 0.6) is 5.75 Å². The van der Waals surface area contributed by atoms with Crippen molar-refractivity contribution in [2.45, 2.75) is 25.3 Å². The fourth-order valence-corrected chi connectivity index (χ4v) is 3.13. The van der Waals surface area contributed by atoms with E-state index in [0.717, 1.165) is 51.5 Å². The van der Waals surface area contributed by atoms with E-state index < -0.39 is 22.2 Å². The summed E-state index contributed by atoms with van der Waals surface area (Å²) in [4.78, 5) is 12.5. The second-order valence-electron chi connectivity index (χ2n) is 6.10. The highest BCUT2D eigenvalue weighted by Gasteiger charge is 2.34. The van der Waals surface area contributed by atoms with Crippen molar-refractivity contribution < 1.29 is 14.4 Å². The van der Waals surface area contributed by atoms with Crippen molar-refractivity contribution in [3.05, 3.63) is 33.6 Å². The molecular weight excluding hydrogens is 289 g/mol. The van der Waals surface area contributed by atoms with Crippen LogP contribution in [0.15, 0.2) is 12.1 Å². The van der Waals surface area contributed by atoms with E-state index in [1.807, 2.05) is 0 Å². The highest BCUT2D eigenvalue weighted by molar-refractivity contribution is 5.52. The molecule has 120 valence electrons. The molecule has 0 radical (unpaired) electrons. The van der Waals surface area contributed by atoms with Gasteiger partial charge in [0.15, 0.2) is 5.75 Å². The predicted octanol–water partition coefficient (Wildman–Crippen LogP) is 2.19. The Morgan fingerprint density at radius 3 is 2.68 bits per heavy atom. The molecule has 1 aromatic carbocycles. The minimum atomic E-state index is -0.728. The Labute approximate surface area is 128 Å². The number of nitro benzene ring substituents is 1. The largest absolute Gasteiger partial charge is 0.502 e. The van der Waals surface area contributed by atoms with Crippen molar-refractivity contribution in [3.63, 3.8) is 0 Å². The summed E-state index contributed by atoms with van der Waals surface area (Å²) in [5, 5.41) is 24.5. The normalized spacial score (nSPS) is 20.8. The molecule has 1 heterocycles. The van der Waals surface area contributed by atoms with Gasteiger partial charge in [0.2, 0.25) is 0 Å². The van der Waals surface area contributed by atoms with Crippen molar-refractivity contribution in [3.8, 4) is 5.75 Å². The number of piperazine rings is 1. The molecule has 0 bridgehead atoms. The van der Waals surface area contributed by atoms with Gasteiger partial charge in [-0.25, -0.2) is 4.39 Å². The summed E-state index contributed by atoms with van der Waals surface area (Å²) in [6.45, 7) is 3.25. The van der Waals surface area contributed by atoms with Crippen molar-refractivity contribution in [1.82, 2.24) is 10.2 Å². The van der Waals surface area contributed by atoms with Crippen molar-refractivity contribution in [2.75, 3.05) is 26.2 Å². The first-order valence-corrected chi connectivity index (χ1v) is 7.68. The smallest absolute Gasteiger partial charge is 0.313 e. The molecule has 1 aromatic rings. The van der Waals surface area contributed by atoms with Gasteiger partial charge in [-0.1, -0.05) is 12.8 Å². The molecule has 2 aliphatic rings. The van der Waals surface area contributed by atoms with Crippen molar-refractivity contribution in [2.24, 2.45) is 5.92 Å². The van der Waals surface area contributed by atoms with Gasteiger partial charge in [-0.15, -0.1) is 0 Å². The predicted molar refractivity (Wildman–Crippen MR) is 79.2 cm³/mol. The number of nitro groups is 1. The minimum Gasteiger partial charge on any atom is -0.502 e. The standard InChI is InChI=1S/C15H20FN3O3/c16-11-8-12(15(20)14(9-11)19(21)22)13(7-10-1-2-10)18-5-3-17-4-6-18/h8-10,13,17,20H,1-7H2/t13-/m1/s1. The van der Waals surface area contributed by atoms with Gasteiger partial charge >= 0.3 is 5.69 Å². The van der Waals surface area contributed by atoms with Crippen LogP contribution in [-0.2, 0) is 0 Å². The zero-order valence-electron chi connectivity index (χ0n) is 12.3. The molecule has 1 aliphatic heterocycles. The van der Waals surface area contributed by atoms with E-state index in [1.54, 1.807) is 0 Å². The van der Waals surface area contributed by atoms with Crippen LogP contribution in [0.4, 0.5) is 10.1 Å². The average molecular weight is 309 g/mol. The van der Waals surface area contributed by atoms with Gasteiger partial charge in [-0.2, -0.15) is 0 Å². The third kappa shape index (κ3) is 3.20. The summed E-state index contributed by atoms with van der Waals surface area (Å²) >= 11 is 0. The van der Waals surface area contributed by atoms with Crippen LogP contribution in [0.3, 0.4) is 0 Å². The molecule has 1 atom stereocenters. The van der Waals surface area contributed by atoms with Crippen LogP contribution >= 0.6 is 0 Å². The summed E-state index contributed by atoms with van der Waals surface area (Å²) in [5.41, 5.74) is -0.202. The van der Waals surface area contributed by atoms with Crippen LogP contribution in [-0.4, -0.2) is 41.1 Å². The number of benzene rings is 1. The molecule has 1 saturated heterocycles. The highest BCUT2D eigenvalue weighted by atomic mass is 19.1. The summed E-state index contributed by atoms with van der Waals surface area (Å²) in [7, 11) is 0. The number of nitrogens with zero attached hydrogens (tertiary/aromatic N) is 2. The van der Waals surface area contributed by atoms with Gasteiger partial charge in [0.1, 0.15) is 5.82 Å². The Bertz CT molecular complexity index is 571. The number of hydrogen-bond donors (Lipinski definition) is 2. The maximum atomic E-state index is 13.8. The molecule has 22 heavy (non-hydrogen) atoms. The summed E-state index contributed by atoms with van der Waals surface area (Å²) in [5.74, 6) is -0.493. The highest BCUT2D eigenvalue weighted by Crippen LogP contribution is 2.44. The number of aromatic hydroxyl groups is 1. The summed E-state index contributed by atoms with van der Waals surface area (Å²) in [6.07, 6.45) is 3.09. The SMILES string of the molecule is O=[N+]([O-])c1cc(F)cc([C@@H](CC2CC2)N2CCNCC2)c1O. The number of nitrogens with one attached hydrogen (secondary N) is 1. The van der Waals surface area contributed by atoms with Crippen molar-refractivity contribution >= 4 is 5.69 Å². The Balaban J connectivity index is 1.96. The van der Waals surface area contributed by atoms with Crippen molar-refractivity contribution in [1.29, 1.82) is 0 Å². The second kappa shape index (κ2) is 6.18. The Kier molecular flexibility index (Phi) is 4.26. The van der Waals surface area contributed by atoms with Crippen LogP contribution in [0.25, 0.3) is 0 Å². The fourth-order valence-electron chi connectivity index (χ4n) is 3.13. The molecule has 0 aromatic heterocycles. The van der Waals surface area contributed by atoms with Gasteiger partial charge < -0.3 is 10.4 Å².